The van der Waals surface area contributed by atoms with Crippen LogP contribution in [0.15, 0.2) is 0 Å². The first-order chi connectivity index (χ1) is 6.20. The molecule has 1 heterocycles. The maximum Gasteiger partial charge on any atom is 0.0695 e. The van der Waals surface area contributed by atoms with Crippen LogP contribution in [0.5, 0.6) is 0 Å². The van der Waals surface area contributed by atoms with Crippen LogP contribution in [0.4, 0.5) is 0 Å². The Morgan fingerprint density at radius 2 is 1.92 bits per heavy atom. The largest absolute Gasteiger partial charge is 0.391 e. The molecule has 1 N–H and O–H groups in total. The second-order valence-electron chi connectivity index (χ2n) is 4.81. The fourth-order valence-corrected chi connectivity index (χ4v) is 2.90. The molecule has 0 spiro atoms. The van der Waals surface area contributed by atoms with E-state index >= 15 is 0 Å². The third-order valence-electron chi connectivity index (χ3n) is 4.06. The second-order valence-corrected chi connectivity index (χ2v) is 4.81. The van der Waals surface area contributed by atoms with Crippen LogP contribution in [0.25, 0.3) is 0 Å². The highest BCUT2D eigenvalue weighted by atomic mass is 16.3. The molecule has 4 atom stereocenters. The molecule has 2 nitrogen and oxygen atoms in total. The van der Waals surface area contributed by atoms with Crippen LogP contribution in [0.1, 0.15) is 39.5 Å². The van der Waals surface area contributed by atoms with E-state index in [1.807, 2.05) is 0 Å². The molecular formula is C11H21NO. The van der Waals surface area contributed by atoms with Crippen LogP contribution >= 0.6 is 0 Å². The van der Waals surface area contributed by atoms with Gasteiger partial charge in [-0.3, -0.25) is 4.90 Å². The maximum atomic E-state index is 9.81. The first kappa shape index (κ1) is 9.47. The highest BCUT2D eigenvalue weighted by Crippen LogP contribution is 2.32. The maximum absolute atomic E-state index is 9.81. The van der Waals surface area contributed by atoms with Gasteiger partial charge in [-0.15, -0.1) is 0 Å². The molecule has 0 bridgehead atoms. The number of hydrogen-bond acceptors (Lipinski definition) is 2. The highest BCUT2D eigenvalue weighted by Gasteiger charge is 2.37. The molecule has 1 aliphatic heterocycles. The van der Waals surface area contributed by atoms with E-state index in [4.69, 9.17) is 0 Å². The average Bonchev–Trinajstić information content (AvgIpc) is 2.62. The van der Waals surface area contributed by atoms with Gasteiger partial charge in [-0.25, -0.2) is 0 Å². The molecule has 1 saturated carbocycles. The molecule has 0 amide bonds. The van der Waals surface area contributed by atoms with Crippen LogP contribution in [0.2, 0.25) is 0 Å². The van der Waals surface area contributed by atoms with E-state index in [-0.39, 0.29) is 6.10 Å². The van der Waals surface area contributed by atoms with Crippen molar-refractivity contribution in [1.29, 1.82) is 0 Å². The Bertz CT molecular complexity index is 183. The molecule has 2 aliphatic rings. The fourth-order valence-electron chi connectivity index (χ4n) is 2.90. The van der Waals surface area contributed by atoms with Crippen molar-refractivity contribution in [2.45, 2.75) is 57.7 Å². The van der Waals surface area contributed by atoms with Gasteiger partial charge in [-0.05, 0) is 45.1 Å². The van der Waals surface area contributed by atoms with Crippen molar-refractivity contribution < 1.29 is 5.11 Å². The molecule has 1 aliphatic carbocycles. The Balaban J connectivity index is 2.00. The van der Waals surface area contributed by atoms with Crippen LogP contribution in [-0.2, 0) is 0 Å². The minimum absolute atomic E-state index is 0.0484. The van der Waals surface area contributed by atoms with Gasteiger partial charge in [0.05, 0.1) is 6.10 Å². The van der Waals surface area contributed by atoms with Crippen LogP contribution in [0.3, 0.4) is 0 Å². The summed E-state index contributed by atoms with van der Waals surface area (Å²) in [4.78, 5) is 2.53. The van der Waals surface area contributed by atoms with E-state index in [2.05, 4.69) is 18.7 Å². The fraction of sp³-hybridized carbons (Fsp3) is 1.00. The van der Waals surface area contributed by atoms with Gasteiger partial charge in [-0.1, -0.05) is 6.92 Å². The zero-order chi connectivity index (χ0) is 9.42. The summed E-state index contributed by atoms with van der Waals surface area (Å²) in [5.41, 5.74) is 0. The first-order valence-electron chi connectivity index (χ1n) is 5.64. The molecule has 2 unspecified atom stereocenters. The monoisotopic (exact) mass is 183 g/mol. The molecule has 2 rings (SSSR count). The lowest BCUT2D eigenvalue weighted by Gasteiger charge is -2.31. The van der Waals surface area contributed by atoms with Gasteiger partial charge in [0.15, 0.2) is 0 Å². The predicted octanol–water partition coefficient (Wildman–Crippen LogP) is 1.63. The smallest absolute Gasteiger partial charge is 0.0695 e. The zero-order valence-corrected chi connectivity index (χ0v) is 8.74. The van der Waals surface area contributed by atoms with E-state index in [1.54, 1.807) is 0 Å². The summed E-state index contributed by atoms with van der Waals surface area (Å²) in [7, 11) is 0. The van der Waals surface area contributed by atoms with Gasteiger partial charge in [0.25, 0.3) is 0 Å². The van der Waals surface area contributed by atoms with E-state index in [1.165, 1.54) is 25.8 Å². The summed E-state index contributed by atoms with van der Waals surface area (Å²) in [5, 5.41) is 9.81. The zero-order valence-electron chi connectivity index (χ0n) is 8.74. The van der Waals surface area contributed by atoms with Crippen LogP contribution in [-0.4, -0.2) is 34.7 Å². The Hall–Kier alpha value is -0.0800. The Kier molecular flexibility index (Phi) is 2.61. The standard InChI is InChI=1S/C11H21NO/c1-8-6-7-12(9(8)2)10-4-3-5-11(10)13/h8-11,13H,3-7H2,1-2H3/t8?,9?,10-,11-/m1/s1. The van der Waals surface area contributed by atoms with Crippen molar-refractivity contribution in [3.63, 3.8) is 0 Å². The summed E-state index contributed by atoms with van der Waals surface area (Å²) in [5.74, 6) is 0.813. The summed E-state index contributed by atoms with van der Waals surface area (Å²) in [6, 6.07) is 1.15. The molecule has 76 valence electrons. The van der Waals surface area contributed by atoms with E-state index in [9.17, 15) is 5.11 Å². The lowest BCUT2D eigenvalue weighted by atomic mass is 10.0. The molecule has 0 aromatic rings. The first-order valence-corrected chi connectivity index (χ1v) is 5.64. The van der Waals surface area contributed by atoms with Crippen molar-refractivity contribution >= 4 is 0 Å². The summed E-state index contributed by atoms with van der Waals surface area (Å²) in [6.07, 6.45) is 4.70. The van der Waals surface area contributed by atoms with E-state index in [0.29, 0.717) is 12.1 Å². The van der Waals surface area contributed by atoms with Gasteiger partial charge >= 0.3 is 0 Å². The third-order valence-corrected chi connectivity index (χ3v) is 4.06. The molecule has 0 aromatic heterocycles. The molecule has 2 heteroatoms. The van der Waals surface area contributed by atoms with Crippen molar-refractivity contribution in [3.05, 3.63) is 0 Å². The van der Waals surface area contributed by atoms with Crippen molar-refractivity contribution in [2.24, 2.45) is 5.92 Å². The predicted molar refractivity (Wildman–Crippen MR) is 53.6 cm³/mol. The van der Waals surface area contributed by atoms with Crippen molar-refractivity contribution in [3.8, 4) is 0 Å². The van der Waals surface area contributed by atoms with Crippen LogP contribution < -0.4 is 0 Å². The van der Waals surface area contributed by atoms with Crippen molar-refractivity contribution in [2.75, 3.05) is 6.54 Å². The number of likely N-dealkylation sites (tertiary alicyclic amines) is 1. The summed E-state index contributed by atoms with van der Waals surface area (Å²) in [6.45, 7) is 5.83. The number of aliphatic hydroxyl groups excluding tert-OH is 1. The minimum atomic E-state index is -0.0484. The van der Waals surface area contributed by atoms with Gasteiger partial charge in [-0.2, -0.15) is 0 Å². The van der Waals surface area contributed by atoms with Crippen molar-refractivity contribution in [1.82, 2.24) is 4.90 Å². The summed E-state index contributed by atoms with van der Waals surface area (Å²) >= 11 is 0. The molecule has 13 heavy (non-hydrogen) atoms. The minimum Gasteiger partial charge on any atom is -0.391 e. The molecular weight excluding hydrogens is 162 g/mol. The number of hydrogen-bond donors (Lipinski definition) is 1. The Morgan fingerprint density at radius 3 is 2.38 bits per heavy atom. The molecule has 2 fully saturated rings. The Morgan fingerprint density at radius 1 is 1.15 bits per heavy atom. The lowest BCUT2D eigenvalue weighted by Crippen LogP contribution is -2.43. The van der Waals surface area contributed by atoms with E-state index in [0.717, 1.165) is 12.3 Å². The third kappa shape index (κ3) is 1.62. The number of aliphatic hydroxyl groups is 1. The van der Waals surface area contributed by atoms with E-state index < -0.39 is 0 Å². The quantitative estimate of drug-likeness (QED) is 0.668. The highest BCUT2D eigenvalue weighted by molar-refractivity contribution is 4.92. The number of rotatable bonds is 1. The Labute approximate surface area is 80.9 Å². The van der Waals surface area contributed by atoms with Gasteiger partial charge < -0.3 is 5.11 Å². The topological polar surface area (TPSA) is 23.5 Å². The molecule has 1 saturated heterocycles. The lowest BCUT2D eigenvalue weighted by molar-refractivity contribution is 0.0625. The van der Waals surface area contributed by atoms with Gasteiger partial charge in [0.2, 0.25) is 0 Å². The van der Waals surface area contributed by atoms with Crippen LogP contribution in [0, 0.1) is 5.92 Å². The van der Waals surface area contributed by atoms with Gasteiger partial charge in [0, 0.05) is 12.1 Å². The summed E-state index contributed by atoms with van der Waals surface area (Å²) < 4.78 is 0. The molecule has 0 radical (unpaired) electrons. The average molecular weight is 183 g/mol. The normalized spacial score (nSPS) is 47.3. The SMILES string of the molecule is CC1CCN([C@@H]2CCC[C@H]2O)C1C. The molecule has 0 aromatic carbocycles. The number of nitrogens with zero attached hydrogens (tertiary/aromatic N) is 1. The van der Waals surface area contributed by atoms with Gasteiger partial charge in [0.1, 0.15) is 0 Å². The second kappa shape index (κ2) is 3.58.